The van der Waals surface area contributed by atoms with Gasteiger partial charge in [0.15, 0.2) is 5.79 Å². The molecule has 21 atom stereocenters. The maximum atomic E-state index is 14.1. The Balaban J connectivity index is 0.947. The molecule has 13 nitrogen and oxygen atoms in total. The maximum absolute atomic E-state index is 14.1. The average molecular weight is 773 g/mol. The smallest absolute Gasteiger partial charge is 0.308 e. The molecule has 11 aliphatic heterocycles. The van der Waals surface area contributed by atoms with Gasteiger partial charge in [0, 0.05) is 31.6 Å². The molecule has 11 aliphatic rings. The lowest BCUT2D eigenvalue weighted by molar-refractivity contribution is -0.315. The molecule has 0 aromatic carbocycles. The number of aliphatic hydroxyl groups is 2. The number of hydrogen-bond acceptors (Lipinski definition) is 13. The number of hydrogen-bond donors (Lipinski definition) is 2. The molecule has 11 rings (SSSR count). The summed E-state index contributed by atoms with van der Waals surface area (Å²) in [4.78, 5) is 14.1. The van der Waals surface area contributed by atoms with Gasteiger partial charge in [0.2, 0.25) is 0 Å². The first-order valence-electron chi connectivity index (χ1n) is 21.2. The Labute approximate surface area is 323 Å². The van der Waals surface area contributed by atoms with Gasteiger partial charge in [0.25, 0.3) is 0 Å². The quantitative estimate of drug-likeness (QED) is 0.296. The molecule has 12 bridgehead atoms. The van der Waals surface area contributed by atoms with E-state index in [4.69, 9.17) is 47.4 Å². The van der Waals surface area contributed by atoms with Crippen LogP contribution in [-0.4, -0.2) is 138 Å². The van der Waals surface area contributed by atoms with Crippen LogP contribution in [0.3, 0.4) is 0 Å². The van der Waals surface area contributed by atoms with Crippen LogP contribution in [0, 0.1) is 11.8 Å². The lowest BCUT2D eigenvalue weighted by Crippen LogP contribution is -2.67. The van der Waals surface area contributed by atoms with Crippen LogP contribution in [0.2, 0.25) is 0 Å². The fourth-order valence-corrected chi connectivity index (χ4v) is 12.0. The van der Waals surface area contributed by atoms with E-state index in [0.717, 1.165) is 43.3 Å². The van der Waals surface area contributed by atoms with Crippen LogP contribution in [0.1, 0.15) is 97.8 Å². The van der Waals surface area contributed by atoms with Gasteiger partial charge in [-0.15, -0.1) is 0 Å². The molecule has 55 heavy (non-hydrogen) atoms. The van der Waals surface area contributed by atoms with Gasteiger partial charge in [-0.25, -0.2) is 0 Å². The SMILES string of the molecule is C=C1C[C@@H]2CC[C@@]34C[C@H]5O[C@H]6[C@@H](O3)[C@H]3O[C@H](CC[C@]3(C)O[C@H]6C5O4)CC(=O)O[C@@H]3[C@@H](C)[C@@H]4O[C@H](CO)[C@H](O)C[C@@H]4O[C@H]3C[C@H]3O[C@@H](CC[C@@H]1O2)C[C@@H](C)C3=C. The molecule has 11 heterocycles. The summed E-state index contributed by atoms with van der Waals surface area (Å²) in [5, 5.41) is 20.7. The number of rotatable bonds is 1. The van der Waals surface area contributed by atoms with Gasteiger partial charge >= 0.3 is 5.97 Å². The fraction of sp³-hybridized carbons (Fsp3) is 0.881. The third-order valence-electron chi connectivity index (χ3n) is 15.1. The number of carbonyl (C=O) groups excluding carboxylic acids is 1. The number of esters is 1. The van der Waals surface area contributed by atoms with Crippen LogP contribution in [-0.2, 0) is 52.2 Å². The van der Waals surface area contributed by atoms with Crippen molar-refractivity contribution in [3.63, 3.8) is 0 Å². The standard InChI is InChI=1S/C42H60O13/c1-19-12-23-6-7-27-20(2)13-24(46-27)9-11-42-17-31-36(54-42)38-37(50-31)39(55-42)40-41(5,53-38)10-8-25(48-40)14-33(45)52-35-22(4)34-29(15-26(44)32(18-43)51-34)49-30(35)16-28(47-23)21(19)3/h19,22-32,34-40,43-44H,2-3,6-18H2,1,4-5H3/t19-,22+,23+,24+,25-,26-,27+,28-,29+,30+,31-,32-,34+,35-,36?,37-,38+,39-,40-,41+,42+/m1/s1. The second-order valence-electron chi connectivity index (χ2n) is 18.8. The summed E-state index contributed by atoms with van der Waals surface area (Å²) in [6.45, 7) is 14.9. The second kappa shape index (κ2) is 14.1. The number of ether oxygens (including phenoxy) is 10. The van der Waals surface area contributed by atoms with Crippen molar-refractivity contribution in [2.45, 2.75) is 213 Å². The summed E-state index contributed by atoms with van der Waals surface area (Å²) >= 11 is 0. The van der Waals surface area contributed by atoms with Crippen LogP contribution in [0.25, 0.3) is 0 Å². The van der Waals surface area contributed by atoms with E-state index >= 15 is 0 Å². The highest BCUT2D eigenvalue weighted by molar-refractivity contribution is 5.70. The van der Waals surface area contributed by atoms with Crippen LogP contribution in [0.5, 0.6) is 0 Å². The summed E-state index contributed by atoms with van der Waals surface area (Å²) in [5.41, 5.74) is 1.50. The monoisotopic (exact) mass is 772 g/mol. The van der Waals surface area contributed by atoms with E-state index in [9.17, 15) is 15.0 Å². The molecule has 0 aromatic rings. The largest absolute Gasteiger partial charge is 0.459 e. The van der Waals surface area contributed by atoms with Gasteiger partial charge in [-0.2, -0.15) is 0 Å². The Kier molecular flexibility index (Phi) is 9.66. The predicted molar refractivity (Wildman–Crippen MR) is 193 cm³/mol. The number of aliphatic hydroxyl groups excluding tert-OH is 2. The first kappa shape index (κ1) is 37.8. The van der Waals surface area contributed by atoms with Crippen molar-refractivity contribution < 1.29 is 62.4 Å². The molecule has 0 amide bonds. The maximum Gasteiger partial charge on any atom is 0.308 e. The van der Waals surface area contributed by atoms with E-state index in [2.05, 4.69) is 27.0 Å². The van der Waals surface area contributed by atoms with Crippen LogP contribution in [0.15, 0.2) is 24.3 Å². The van der Waals surface area contributed by atoms with Gasteiger partial charge in [-0.1, -0.05) is 27.0 Å². The molecule has 0 aromatic heterocycles. The molecule has 2 N–H and O–H groups in total. The van der Waals surface area contributed by atoms with E-state index in [0.29, 0.717) is 38.5 Å². The van der Waals surface area contributed by atoms with E-state index in [-0.39, 0.29) is 79.7 Å². The summed E-state index contributed by atoms with van der Waals surface area (Å²) < 4.78 is 67.0. The normalized spacial score (nSPS) is 56.3. The Morgan fingerprint density at radius 2 is 1.47 bits per heavy atom. The Bertz CT molecular complexity index is 1520. The van der Waals surface area contributed by atoms with Crippen LogP contribution < -0.4 is 0 Å². The van der Waals surface area contributed by atoms with E-state index in [1.54, 1.807) is 0 Å². The second-order valence-corrected chi connectivity index (χ2v) is 18.8. The lowest BCUT2D eigenvalue weighted by atomic mass is 9.78. The molecule has 306 valence electrons. The molecule has 13 heteroatoms. The van der Waals surface area contributed by atoms with Crippen molar-refractivity contribution in [3.05, 3.63) is 24.3 Å². The molecule has 1 spiro atoms. The highest BCUT2D eigenvalue weighted by Crippen LogP contribution is 2.56. The summed E-state index contributed by atoms with van der Waals surface area (Å²) in [6, 6.07) is 0. The van der Waals surface area contributed by atoms with Gasteiger partial charge in [0.1, 0.15) is 42.7 Å². The highest BCUT2D eigenvalue weighted by Gasteiger charge is 2.71. The molecule has 1 unspecified atom stereocenters. The molecular weight excluding hydrogens is 712 g/mol. The van der Waals surface area contributed by atoms with Gasteiger partial charge < -0.3 is 57.6 Å². The molecule has 0 radical (unpaired) electrons. The highest BCUT2D eigenvalue weighted by atomic mass is 16.8. The van der Waals surface area contributed by atoms with Crippen molar-refractivity contribution in [1.82, 2.24) is 0 Å². The number of fused-ring (bicyclic) bond motifs is 7. The summed E-state index contributed by atoms with van der Waals surface area (Å²) in [5.74, 6) is -1.25. The van der Waals surface area contributed by atoms with E-state index in [1.807, 2.05) is 6.92 Å². The molecule has 11 fully saturated rings. The first-order valence-corrected chi connectivity index (χ1v) is 21.2. The Morgan fingerprint density at radius 3 is 2.31 bits per heavy atom. The minimum absolute atomic E-state index is 0.00374. The van der Waals surface area contributed by atoms with Crippen molar-refractivity contribution in [2.75, 3.05) is 6.61 Å². The van der Waals surface area contributed by atoms with Gasteiger partial charge in [-0.05, 0) is 68.9 Å². The zero-order chi connectivity index (χ0) is 38.0. The number of carbonyl (C=O) groups is 1. The molecule has 0 saturated carbocycles. The average Bonchev–Trinajstić information content (AvgIpc) is 3.73. The Hall–Kier alpha value is -1.49. The lowest BCUT2D eigenvalue weighted by Gasteiger charge is -2.53. The third-order valence-corrected chi connectivity index (χ3v) is 15.1. The first-order chi connectivity index (χ1) is 26.4. The molecule has 0 aliphatic carbocycles. The fourth-order valence-electron chi connectivity index (χ4n) is 12.0. The summed E-state index contributed by atoms with van der Waals surface area (Å²) in [6.07, 6.45) is 1.35. The Morgan fingerprint density at radius 1 is 0.709 bits per heavy atom. The summed E-state index contributed by atoms with van der Waals surface area (Å²) in [7, 11) is 0. The van der Waals surface area contributed by atoms with Crippen molar-refractivity contribution in [1.29, 1.82) is 0 Å². The zero-order valence-electron chi connectivity index (χ0n) is 32.5. The van der Waals surface area contributed by atoms with Gasteiger partial charge in [0.05, 0.1) is 79.7 Å². The van der Waals surface area contributed by atoms with Crippen molar-refractivity contribution in [3.8, 4) is 0 Å². The van der Waals surface area contributed by atoms with E-state index in [1.165, 1.54) is 0 Å². The van der Waals surface area contributed by atoms with Crippen molar-refractivity contribution >= 4 is 5.97 Å². The van der Waals surface area contributed by atoms with Gasteiger partial charge in [-0.3, -0.25) is 4.79 Å². The molecule has 11 saturated heterocycles. The van der Waals surface area contributed by atoms with Crippen LogP contribution in [0.4, 0.5) is 0 Å². The molecular formula is C42H60O13. The van der Waals surface area contributed by atoms with E-state index < -0.39 is 66.3 Å². The third kappa shape index (κ3) is 6.50. The van der Waals surface area contributed by atoms with Crippen LogP contribution >= 0.6 is 0 Å². The minimum Gasteiger partial charge on any atom is -0.459 e. The predicted octanol–water partition coefficient (Wildman–Crippen LogP) is 3.59. The zero-order valence-corrected chi connectivity index (χ0v) is 32.5. The van der Waals surface area contributed by atoms with Crippen molar-refractivity contribution in [2.24, 2.45) is 11.8 Å². The topological polar surface area (TPSA) is 150 Å². The minimum atomic E-state index is -0.866.